The second-order valence-electron chi connectivity index (χ2n) is 5.59. The molecule has 18 heavy (non-hydrogen) atoms. The molecule has 98 valence electrons. The summed E-state index contributed by atoms with van der Waals surface area (Å²) in [6.45, 7) is 5.69. The lowest BCUT2D eigenvalue weighted by Gasteiger charge is -2.41. The van der Waals surface area contributed by atoms with Gasteiger partial charge in [0.25, 0.3) is 0 Å². The first-order valence-electron chi connectivity index (χ1n) is 6.35. The lowest BCUT2D eigenvalue weighted by Crippen LogP contribution is -2.55. The molecule has 4 heteroatoms. The molecule has 1 aliphatic heterocycles. The van der Waals surface area contributed by atoms with Crippen LogP contribution in [0.1, 0.15) is 20.3 Å². The van der Waals surface area contributed by atoms with Gasteiger partial charge in [-0.2, -0.15) is 0 Å². The molecule has 0 saturated carbocycles. The molecule has 0 aromatic heterocycles. The van der Waals surface area contributed by atoms with Gasteiger partial charge in [-0.05, 0) is 24.0 Å². The predicted octanol–water partition coefficient (Wildman–Crippen LogP) is 2.28. The molecule has 0 bridgehead atoms. The number of carbonyl (C=O) groups is 1. The highest BCUT2D eigenvalue weighted by molar-refractivity contribution is 5.89. The maximum atomic E-state index is 12.1. The topological polar surface area (TPSA) is 58.4 Å². The van der Waals surface area contributed by atoms with Gasteiger partial charge in [0.1, 0.15) is 0 Å². The van der Waals surface area contributed by atoms with E-state index in [4.69, 9.17) is 5.73 Å². The number of para-hydroxylation sites is 1. The van der Waals surface area contributed by atoms with Crippen molar-refractivity contribution in [3.05, 3.63) is 30.3 Å². The smallest absolute Gasteiger partial charge is 0.321 e. The lowest BCUT2D eigenvalue weighted by molar-refractivity contribution is 0.126. The van der Waals surface area contributed by atoms with Crippen molar-refractivity contribution in [1.29, 1.82) is 0 Å². The summed E-state index contributed by atoms with van der Waals surface area (Å²) in [5, 5.41) is 2.89. The van der Waals surface area contributed by atoms with Crippen LogP contribution in [0.15, 0.2) is 30.3 Å². The van der Waals surface area contributed by atoms with Crippen molar-refractivity contribution in [2.45, 2.75) is 26.3 Å². The Labute approximate surface area is 108 Å². The van der Waals surface area contributed by atoms with Crippen molar-refractivity contribution in [2.75, 3.05) is 18.4 Å². The molecule has 1 aromatic rings. The molecule has 1 saturated heterocycles. The summed E-state index contributed by atoms with van der Waals surface area (Å²) in [6, 6.07) is 9.47. The van der Waals surface area contributed by atoms with Gasteiger partial charge < -0.3 is 16.0 Å². The van der Waals surface area contributed by atoms with Gasteiger partial charge in [-0.1, -0.05) is 32.0 Å². The van der Waals surface area contributed by atoms with E-state index in [0.717, 1.165) is 18.7 Å². The summed E-state index contributed by atoms with van der Waals surface area (Å²) < 4.78 is 0. The van der Waals surface area contributed by atoms with Crippen molar-refractivity contribution in [3.63, 3.8) is 0 Å². The van der Waals surface area contributed by atoms with Crippen molar-refractivity contribution >= 4 is 11.7 Å². The number of likely N-dealkylation sites (tertiary alicyclic amines) is 1. The molecule has 1 unspecified atom stereocenters. The van der Waals surface area contributed by atoms with E-state index >= 15 is 0 Å². The number of anilines is 1. The van der Waals surface area contributed by atoms with Gasteiger partial charge in [0, 0.05) is 24.8 Å². The zero-order valence-electron chi connectivity index (χ0n) is 11.0. The van der Waals surface area contributed by atoms with Crippen LogP contribution in [-0.2, 0) is 0 Å². The van der Waals surface area contributed by atoms with E-state index in [9.17, 15) is 4.79 Å². The molecule has 0 spiro atoms. The molecular formula is C14H21N3O. The number of carbonyl (C=O) groups excluding carboxylic acids is 1. The van der Waals surface area contributed by atoms with E-state index in [0.29, 0.717) is 6.54 Å². The van der Waals surface area contributed by atoms with E-state index in [-0.39, 0.29) is 17.5 Å². The SMILES string of the molecule is CC1(C)CCN(C(=O)Nc2ccccc2)CC1N. The van der Waals surface area contributed by atoms with E-state index in [1.54, 1.807) is 4.90 Å². The van der Waals surface area contributed by atoms with Gasteiger partial charge in [-0.15, -0.1) is 0 Å². The number of urea groups is 1. The largest absolute Gasteiger partial charge is 0.326 e. The first-order valence-corrected chi connectivity index (χ1v) is 6.35. The van der Waals surface area contributed by atoms with Crippen molar-refractivity contribution in [1.82, 2.24) is 4.90 Å². The number of nitrogens with two attached hydrogens (primary N) is 1. The molecule has 2 rings (SSSR count). The lowest BCUT2D eigenvalue weighted by atomic mass is 9.79. The number of nitrogens with zero attached hydrogens (tertiary/aromatic N) is 1. The van der Waals surface area contributed by atoms with Crippen molar-refractivity contribution in [3.8, 4) is 0 Å². The highest BCUT2D eigenvalue weighted by Gasteiger charge is 2.34. The summed E-state index contributed by atoms with van der Waals surface area (Å²) in [6.07, 6.45) is 0.941. The fourth-order valence-electron chi connectivity index (χ4n) is 2.09. The minimum Gasteiger partial charge on any atom is -0.326 e. The Morgan fingerprint density at radius 1 is 1.39 bits per heavy atom. The van der Waals surface area contributed by atoms with Gasteiger partial charge in [0.2, 0.25) is 0 Å². The molecular weight excluding hydrogens is 226 g/mol. The standard InChI is InChI=1S/C14H21N3O/c1-14(2)8-9-17(10-12(14)15)13(18)16-11-6-4-3-5-7-11/h3-7,12H,8-10,15H2,1-2H3,(H,16,18). The number of piperidine rings is 1. The van der Waals surface area contributed by atoms with Crippen LogP contribution in [0.5, 0.6) is 0 Å². The maximum absolute atomic E-state index is 12.1. The fraction of sp³-hybridized carbons (Fsp3) is 0.500. The Bertz CT molecular complexity index is 416. The summed E-state index contributed by atoms with van der Waals surface area (Å²) in [5.74, 6) is 0. The summed E-state index contributed by atoms with van der Waals surface area (Å²) in [4.78, 5) is 13.9. The number of hydrogen-bond acceptors (Lipinski definition) is 2. The van der Waals surface area contributed by atoms with Crippen molar-refractivity contribution < 1.29 is 4.79 Å². The van der Waals surface area contributed by atoms with Crippen LogP contribution < -0.4 is 11.1 Å². The monoisotopic (exact) mass is 247 g/mol. The number of rotatable bonds is 1. The van der Waals surface area contributed by atoms with Gasteiger partial charge in [0.15, 0.2) is 0 Å². The quantitative estimate of drug-likeness (QED) is 0.800. The highest BCUT2D eigenvalue weighted by Crippen LogP contribution is 2.29. The molecule has 3 N–H and O–H groups in total. The average molecular weight is 247 g/mol. The van der Waals surface area contributed by atoms with Crippen LogP contribution in [0.2, 0.25) is 0 Å². The molecule has 1 atom stereocenters. The zero-order chi connectivity index (χ0) is 13.2. The summed E-state index contributed by atoms with van der Waals surface area (Å²) in [5.41, 5.74) is 7.05. The van der Waals surface area contributed by atoms with Crippen LogP contribution in [0.4, 0.5) is 10.5 Å². The van der Waals surface area contributed by atoms with Crippen LogP contribution in [0, 0.1) is 5.41 Å². The Morgan fingerprint density at radius 2 is 2.06 bits per heavy atom. The third-order valence-electron chi connectivity index (χ3n) is 3.76. The highest BCUT2D eigenvalue weighted by atomic mass is 16.2. The van der Waals surface area contributed by atoms with E-state index in [2.05, 4.69) is 19.2 Å². The van der Waals surface area contributed by atoms with E-state index < -0.39 is 0 Å². The van der Waals surface area contributed by atoms with Crippen LogP contribution in [-0.4, -0.2) is 30.1 Å². The van der Waals surface area contributed by atoms with Gasteiger partial charge in [-0.25, -0.2) is 4.79 Å². The number of nitrogens with one attached hydrogen (secondary N) is 1. The van der Waals surface area contributed by atoms with Gasteiger partial charge >= 0.3 is 6.03 Å². The Balaban J connectivity index is 1.95. The molecule has 1 aromatic carbocycles. The molecule has 1 fully saturated rings. The first kappa shape index (κ1) is 12.9. The fourth-order valence-corrected chi connectivity index (χ4v) is 2.09. The van der Waals surface area contributed by atoms with Gasteiger partial charge in [0.05, 0.1) is 0 Å². The number of amides is 2. The zero-order valence-corrected chi connectivity index (χ0v) is 11.0. The molecule has 0 radical (unpaired) electrons. The maximum Gasteiger partial charge on any atom is 0.321 e. The molecule has 2 amide bonds. The van der Waals surface area contributed by atoms with Crippen LogP contribution in [0.3, 0.4) is 0 Å². The third-order valence-corrected chi connectivity index (χ3v) is 3.76. The molecule has 4 nitrogen and oxygen atoms in total. The van der Waals surface area contributed by atoms with Crippen molar-refractivity contribution in [2.24, 2.45) is 11.1 Å². The molecule has 1 heterocycles. The Morgan fingerprint density at radius 3 is 2.67 bits per heavy atom. The van der Waals surface area contributed by atoms with E-state index in [1.165, 1.54) is 0 Å². The van der Waals surface area contributed by atoms with Crippen LogP contribution >= 0.6 is 0 Å². The first-order chi connectivity index (χ1) is 8.49. The third kappa shape index (κ3) is 2.82. The second kappa shape index (κ2) is 4.98. The minimum atomic E-state index is -0.0628. The Kier molecular flexibility index (Phi) is 3.57. The second-order valence-corrected chi connectivity index (χ2v) is 5.59. The number of hydrogen-bond donors (Lipinski definition) is 2. The molecule has 1 aliphatic rings. The summed E-state index contributed by atoms with van der Waals surface area (Å²) in [7, 11) is 0. The van der Waals surface area contributed by atoms with Crippen LogP contribution in [0.25, 0.3) is 0 Å². The summed E-state index contributed by atoms with van der Waals surface area (Å²) >= 11 is 0. The normalized spacial score (nSPS) is 22.6. The van der Waals surface area contributed by atoms with Gasteiger partial charge in [-0.3, -0.25) is 0 Å². The minimum absolute atomic E-state index is 0.0350. The molecule has 0 aliphatic carbocycles. The average Bonchev–Trinajstić information content (AvgIpc) is 2.34. The number of benzene rings is 1. The predicted molar refractivity (Wildman–Crippen MR) is 73.4 cm³/mol. The Hall–Kier alpha value is -1.55. The van der Waals surface area contributed by atoms with E-state index in [1.807, 2.05) is 30.3 Å².